The molecule has 0 atom stereocenters. The number of aromatic hydroxyl groups is 1. The fraction of sp³-hybridized carbons (Fsp3) is 0.0556. The zero-order valence-electron chi connectivity index (χ0n) is 12.4. The minimum atomic E-state index is 0.142. The molecule has 2 aromatic carbocycles. The second-order valence-corrected chi connectivity index (χ2v) is 6.85. The van der Waals surface area contributed by atoms with E-state index in [1.54, 1.807) is 36.2 Å². The predicted octanol–water partition coefficient (Wildman–Crippen LogP) is 5.96. The summed E-state index contributed by atoms with van der Waals surface area (Å²) in [5, 5.41) is 10.5. The van der Waals surface area contributed by atoms with Gasteiger partial charge in [0.2, 0.25) is 0 Å². The number of hydrogen-bond acceptors (Lipinski definition) is 4. The van der Waals surface area contributed by atoms with Gasteiger partial charge in [0, 0.05) is 11.0 Å². The van der Waals surface area contributed by atoms with Crippen molar-refractivity contribution in [1.82, 2.24) is 0 Å². The fourth-order valence-corrected chi connectivity index (χ4v) is 3.25. The Morgan fingerprint density at radius 2 is 1.87 bits per heavy atom. The first-order chi connectivity index (χ1) is 11.1. The van der Waals surface area contributed by atoms with Gasteiger partial charge in [-0.1, -0.05) is 41.6 Å². The predicted molar refractivity (Wildman–Crippen MR) is 97.1 cm³/mol. The summed E-state index contributed by atoms with van der Waals surface area (Å²) >= 11 is 5.05. The van der Waals surface area contributed by atoms with Crippen LogP contribution in [-0.2, 0) is 0 Å². The molecule has 3 rings (SSSR count). The van der Waals surface area contributed by atoms with E-state index in [-0.39, 0.29) is 5.75 Å². The molecule has 1 heterocycles. The Morgan fingerprint density at radius 1 is 1.13 bits per heavy atom. The molecule has 0 unspecified atom stereocenters. The van der Waals surface area contributed by atoms with Crippen molar-refractivity contribution < 1.29 is 9.52 Å². The lowest BCUT2D eigenvalue weighted by Gasteiger charge is -1.99. The van der Waals surface area contributed by atoms with E-state index in [0.29, 0.717) is 11.4 Å². The average molecular weight is 388 g/mol. The number of rotatable bonds is 4. The number of furan rings is 1. The maximum Gasteiger partial charge on any atom is 0.179 e. The average Bonchev–Trinajstić information content (AvgIpc) is 2.89. The number of para-hydroxylation sites is 2. The Morgan fingerprint density at radius 3 is 2.61 bits per heavy atom. The maximum atomic E-state index is 9.71. The van der Waals surface area contributed by atoms with E-state index >= 15 is 0 Å². The van der Waals surface area contributed by atoms with E-state index in [0.717, 1.165) is 14.5 Å². The van der Waals surface area contributed by atoms with Gasteiger partial charge in [-0.15, -0.1) is 0 Å². The molecule has 0 amide bonds. The Bertz CT molecular complexity index is 840. The molecule has 3 nitrogen and oxygen atoms in total. The van der Waals surface area contributed by atoms with Crippen LogP contribution in [0.25, 0.3) is 0 Å². The van der Waals surface area contributed by atoms with Crippen molar-refractivity contribution in [2.24, 2.45) is 4.99 Å². The van der Waals surface area contributed by atoms with Crippen molar-refractivity contribution in [3.05, 3.63) is 70.4 Å². The summed E-state index contributed by atoms with van der Waals surface area (Å²) in [6.07, 6.45) is 1.60. The molecule has 3 aromatic rings. The van der Waals surface area contributed by atoms with Gasteiger partial charge in [0.25, 0.3) is 0 Å². The molecule has 0 aliphatic rings. The van der Waals surface area contributed by atoms with E-state index in [4.69, 9.17) is 4.42 Å². The molecular weight excluding hydrogens is 374 g/mol. The normalized spacial score (nSPS) is 11.2. The summed E-state index contributed by atoms with van der Waals surface area (Å²) in [4.78, 5) is 5.36. The molecule has 0 fully saturated rings. The minimum Gasteiger partial charge on any atom is -0.506 e. The Balaban J connectivity index is 1.78. The summed E-state index contributed by atoms with van der Waals surface area (Å²) in [6, 6.07) is 17.0. The molecule has 0 saturated heterocycles. The zero-order valence-corrected chi connectivity index (χ0v) is 14.8. The molecule has 0 bridgehead atoms. The van der Waals surface area contributed by atoms with Crippen LogP contribution in [0.1, 0.15) is 11.3 Å². The van der Waals surface area contributed by atoms with Gasteiger partial charge in [0.15, 0.2) is 5.09 Å². The molecule has 0 saturated carbocycles. The van der Waals surface area contributed by atoms with Crippen LogP contribution in [0.5, 0.6) is 5.75 Å². The quantitative estimate of drug-likeness (QED) is 0.561. The molecule has 0 aliphatic heterocycles. The smallest absolute Gasteiger partial charge is 0.179 e. The third kappa shape index (κ3) is 4.06. The first-order valence-electron chi connectivity index (χ1n) is 6.98. The van der Waals surface area contributed by atoms with E-state index in [1.807, 2.05) is 12.1 Å². The van der Waals surface area contributed by atoms with Gasteiger partial charge in [-0.2, -0.15) is 0 Å². The van der Waals surface area contributed by atoms with Crippen molar-refractivity contribution >= 4 is 39.6 Å². The Hall–Kier alpha value is -1.98. The van der Waals surface area contributed by atoms with E-state index in [1.165, 1.54) is 5.56 Å². The molecule has 116 valence electrons. The van der Waals surface area contributed by atoms with Gasteiger partial charge in [-0.25, -0.2) is 4.99 Å². The number of hydrogen-bond donors (Lipinski definition) is 1. The topological polar surface area (TPSA) is 45.7 Å². The largest absolute Gasteiger partial charge is 0.506 e. The molecule has 0 radical (unpaired) electrons. The molecule has 0 spiro atoms. The van der Waals surface area contributed by atoms with Gasteiger partial charge >= 0.3 is 0 Å². The van der Waals surface area contributed by atoms with Crippen LogP contribution in [0.4, 0.5) is 5.69 Å². The standard InChI is InChI=1S/C18H14BrNO2S/c1-12-6-8-14(9-7-12)23-18-15(19)10-13(22-18)11-20-16-4-2-3-5-17(16)21/h2-11,21H,1H3. The highest BCUT2D eigenvalue weighted by atomic mass is 79.9. The molecule has 23 heavy (non-hydrogen) atoms. The van der Waals surface area contributed by atoms with Crippen LogP contribution in [0.15, 0.2) is 78.5 Å². The summed E-state index contributed by atoms with van der Waals surface area (Å²) < 4.78 is 6.67. The first kappa shape index (κ1) is 15.9. The van der Waals surface area contributed by atoms with Crippen LogP contribution in [-0.4, -0.2) is 11.3 Å². The molecule has 0 aliphatic carbocycles. The van der Waals surface area contributed by atoms with Gasteiger partial charge in [0.05, 0.1) is 10.7 Å². The Kier molecular flexibility index (Phi) is 4.88. The second kappa shape index (κ2) is 7.06. The van der Waals surface area contributed by atoms with Crippen LogP contribution in [0.2, 0.25) is 0 Å². The van der Waals surface area contributed by atoms with Gasteiger partial charge < -0.3 is 9.52 Å². The third-order valence-electron chi connectivity index (χ3n) is 3.12. The zero-order chi connectivity index (χ0) is 16.2. The van der Waals surface area contributed by atoms with E-state index in [2.05, 4.69) is 52.1 Å². The summed E-state index contributed by atoms with van der Waals surface area (Å²) in [5.41, 5.74) is 1.73. The summed E-state index contributed by atoms with van der Waals surface area (Å²) in [5.74, 6) is 0.762. The molecule has 5 heteroatoms. The number of benzene rings is 2. The number of phenols is 1. The molecule has 1 N–H and O–H groups in total. The van der Waals surface area contributed by atoms with Crippen molar-refractivity contribution in [3.8, 4) is 5.75 Å². The highest BCUT2D eigenvalue weighted by Crippen LogP contribution is 2.36. The van der Waals surface area contributed by atoms with E-state index < -0.39 is 0 Å². The van der Waals surface area contributed by atoms with Crippen molar-refractivity contribution in [1.29, 1.82) is 0 Å². The highest BCUT2D eigenvalue weighted by molar-refractivity contribution is 9.10. The van der Waals surface area contributed by atoms with Crippen molar-refractivity contribution in [2.45, 2.75) is 16.9 Å². The lowest BCUT2D eigenvalue weighted by molar-refractivity contribution is 0.466. The second-order valence-electron chi connectivity index (χ2n) is 4.95. The van der Waals surface area contributed by atoms with Crippen LogP contribution >= 0.6 is 27.7 Å². The SMILES string of the molecule is Cc1ccc(Sc2oc(C=Nc3ccccc3O)cc2Br)cc1. The molecule has 1 aromatic heterocycles. The first-order valence-corrected chi connectivity index (χ1v) is 8.59. The number of aryl methyl sites for hydroxylation is 1. The Labute approximate surface area is 147 Å². The third-order valence-corrected chi connectivity index (χ3v) is 4.97. The fourth-order valence-electron chi connectivity index (χ4n) is 1.92. The van der Waals surface area contributed by atoms with Crippen LogP contribution in [0.3, 0.4) is 0 Å². The lowest BCUT2D eigenvalue weighted by Crippen LogP contribution is -1.75. The van der Waals surface area contributed by atoms with E-state index in [9.17, 15) is 5.11 Å². The number of nitrogens with zero attached hydrogens (tertiary/aromatic N) is 1. The maximum absolute atomic E-state index is 9.71. The monoisotopic (exact) mass is 387 g/mol. The number of aliphatic imine (C=N–C) groups is 1. The number of halogens is 1. The minimum absolute atomic E-state index is 0.142. The lowest BCUT2D eigenvalue weighted by atomic mass is 10.2. The highest BCUT2D eigenvalue weighted by Gasteiger charge is 2.10. The summed E-state index contributed by atoms with van der Waals surface area (Å²) in [6.45, 7) is 2.06. The summed E-state index contributed by atoms with van der Waals surface area (Å²) in [7, 11) is 0. The van der Waals surface area contributed by atoms with Gasteiger partial charge in [-0.05, 0) is 47.1 Å². The van der Waals surface area contributed by atoms with Crippen LogP contribution < -0.4 is 0 Å². The molecular formula is C18H14BrNO2S. The van der Waals surface area contributed by atoms with Gasteiger partial charge in [0.1, 0.15) is 17.2 Å². The van der Waals surface area contributed by atoms with Crippen molar-refractivity contribution in [3.63, 3.8) is 0 Å². The van der Waals surface area contributed by atoms with Crippen LogP contribution in [0, 0.1) is 6.92 Å². The van der Waals surface area contributed by atoms with Gasteiger partial charge in [-0.3, -0.25) is 0 Å². The van der Waals surface area contributed by atoms with Crippen molar-refractivity contribution in [2.75, 3.05) is 0 Å². The number of phenolic OH excluding ortho intramolecular Hbond substituents is 1.